The largest absolute Gasteiger partial charge is 0.464 e. The highest BCUT2D eigenvalue weighted by atomic mass is 16.6. The molecular weight excluding hydrogens is 382 g/mol. The molecule has 1 saturated heterocycles. The average molecular weight is 407 g/mol. The normalized spacial score (nSPS) is 14.9. The molecule has 0 amide bonds. The number of nitrogens with zero attached hydrogens (tertiary/aromatic N) is 3. The molecule has 0 N–H and O–H groups in total. The van der Waals surface area contributed by atoms with Crippen molar-refractivity contribution in [2.45, 2.75) is 19.3 Å². The first-order valence-electron chi connectivity index (χ1n) is 10.3. The predicted octanol–water partition coefficient (Wildman–Crippen LogP) is 3.85. The van der Waals surface area contributed by atoms with Gasteiger partial charge in [0.1, 0.15) is 5.58 Å². The van der Waals surface area contributed by atoms with Crippen LogP contribution in [0.3, 0.4) is 0 Å². The van der Waals surface area contributed by atoms with E-state index in [1.807, 2.05) is 30.3 Å². The molecule has 2 aromatic carbocycles. The van der Waals surface area contributed by atoms with E-state index < -0.39 is 0 Å². The molecule has 156 valence electrons. The van der Waals surface area contributed by atoms with Crippen molar-refractivity contribution in [3.05, 3.63) is 80.7 Å². The van der Waals surface area contributed by atoms with Crippen molar-refractivity contribution in [1.82, 2.24) is 4.90 Å². The first kappa shape index (κ1) is 20.1. The van der Waals surface area contributed by atoms with E-state index in [2.05, 4.69) is 9.80 Å². The van der Waals surface area contributed by atoms with Crippen molar-refractivity contribution >= 4 is 22.3 Å². The zero-order valence-corrected chi connectivity index (χ0v) is 16.8. The van der Waals surface area contributed by atoms with Gasteiger partial charge in [0, 0.05) is 49.6 Å². The van der Waals surface area contributed by atoms with E-state index in [9.17, 15) is 14.9 Å². The van der Waals surface area contributed by atoms with Crippen LogP contribution in [0.5, 0.6) is 0 Å². The van der Waals surface area contributed by atoms with Gasteiger partial charge >= 0.3 is 0 Å². The van der Waals surface area contributed by atoms with Crippen LogP contribution in [0.25, 0.3) is 11.0 Å². The quantitative estimate of drug-likeness (QED) is 0.336. The van der Waals surface area contributed by atoms with Gasteiger partial charge in [0.25, 0.3) is 5.69 Å². The SMILES string of the molecule is O=c1c(CCCCN2CCN(c3cccc([N+](=O)[O-])c3)CC2)coc2ccccc12. The summed E-state index contributed by atoms with van der Waals surface area (Å²) in [5.74, 6) is 0. The number of rotatable bonds is 7. The molecule has 3 aromatic rings. The number of aryl methyl sites for hydroxylation is 1. The molecule has 0 bridgehead atoms. The maximum atomic E-state index is 12.5. The van der Waals surface area contributed by atoms with E-state index in [0.29, 0.717) is 11.0 Å². The summed E-state index contributed by atoms with van der Waals surface area (Å²) in [6.07, 6.45) is 4.28. The number of unbranched alkanes of at least 4 members (excludes halogenated alkanes) is 1. The van der Waals surface area contributed by atoms with Gasteiger partial charge in [0.15, 0.2) is 5.43 Å². The minimum atomic E-state index is -0.351. The second-order valence-corrected chi connectivity index (χ2v) is 7.65. The number of fused-ring (bicyclic) bond motifs is 1. The molecule has 0 unspecified atom stereocenters. The summed E-state index contributed by atoms with van der Waals surface area (Å²) < 4.78 is 5.59. The zero-order chi connectivity index (χ0) is 20.9. The molecule has 0 radical (unpaired) electrons. The third-order valence-corrected chi connectivity index (χ3v) is 5.70. The lowest BCUT2D eigenvalue weighted by molar-refractivity contribution is -0.384. The Bertz CT molecular complexity index is 1090. The van der Waals surface area contributed by atoms with Gasteiger partial charge in [-0.2, -0.15) is 0 Å². The topological polar surface area (TPSA) is 79.8 Å². The Kier molecular flexibility index (Phi) is 6.09. The lowest BCUT2D eigenvalue weighted by Gasteiger charge is -2.36. The molecule has 0 spiro atoms. The number of piperazine rings is 1. The Balaban J connectivity index is 1.24. The first-order chi connectivity index (χ1) is 14.6. The molecule has 1 aliphatic heterocycles. The Morgan fingerprint density at radius 3 is 2.60 bits per heavy atom. The predicted molar refractivity (Wildman–Crippen MR) is 117 cm³/mol. The standard InChI is InChI=1S/C23H25N3O4/c27-23-18(17-30-22-10-2-1-9-21(22)23)6-3-4-11-24-12-14-25(15-13-24)19-7-5-8-20(16-19)26(28)29/h1-2,5,7-10,16-17H,3-4,6,11-15H2. The number of non-ortho nitro benzene ring substituents is 1. The molecule has 30 heavy (non-hydrogen) atoms. The zero-order valence-electron chi connectivity index (χ0n) is 16.8. The number of hydrogen-bond acceptors (Lipinski definition) is 6. The molecular formula is C23H25N3O4. The van der Waals surface area contributed by atoms with Crippen LogP contribution < -0.4 is 10.3 Å². The van der Waals surface area contributed by atoms with Crippen molar-refractivity contribution in [3.8, 4) is 0 Å². The van der Waals surface area contributed by atoms with Crippen LogP contribution in [0, 0.1) is 10.1 Å². The number of nitro benzene ring substituents is 1. The first-order valence-corrected chi connectivity index (χ1v) is 10.3. The smallest absolute Gasteiger partial charge is 0.271 e. The van der Waals surface area contributed by atoms with Crippen molar-refractivity contribution in [2.24, 2.45) is 0 Å². The van der Waals surface area contributed by atoms with Gasteiger partial charge in [-0.1, -0.05) is 18.2 Å². The summed E-state index contributed by atoms with van der Waals surface area (Å²) in [5.41, 5.74) is 2.49. The number of benzene rings is 2. The van der Waals surface area contributed by atoms with Crippen LogP contribution in [0.1, 0.15) is 18.4 Å². The Hall–Kier alpha value is -3.19. The maximum Gasteiger partial charge on any atom is 0.271 e. The summed E-state index contributed by atoms with van der Waals surface area (Å²) in [6, 6.07) is 14.2. The van der Waals surface area contributed by atoms with Gasteiger partial charge in [-0.3, -0.25) is 19.8 Å². The molecule has 1 fully saturated rings. The second kappa shape index (κ2) is 9.09. The van der Waals surface area contributed by atoms with E-state index in [1.165, 1.54) is 6.07 Å². The van der Waals surface area contributed by atoms with Crippen LogP contribution in [0.2, 0.25) is 0 Å². The molecule has 1 aromatic heterocycles. The van der Waals surface area contributed by atoms with E-state index >= 15 is 0 Å². The van der Waals surface area contributed by atoms with Gasteiger partial charge in [-0.25, -0.2) is 0 Å². The number of nitro groups is 1. The fourth-order valence-corrected chi connectivity index (χ4v) is 3.97. The Morgan fingerprint density at radius 2 is 1.80 bits per heavy atom. The van der Waals surface area contributed by atoms with Gasteiger partial charge in [-0.15, -0.1) is 0 Å². The third kappa shape index (κ3) is 4.52. The molecule has 7 nitrogen and oxygen atoms in total. The summed E-state index contributed by atoms with van der Waals surface area (Å²) >= 11 is 0. The van der Waals surface area contributed by atoms with Crippen molar-refractivity contribution in [1.29, 1.82) is 0 Å². The highest BCUT2D eigenvalue weighted by molar-refractivity contribution is 5.76. The molecule has 2 heterocycles. The second-order valence-electron chi connectivity index (χ2n) is 7.65. The fraction of sp³-hybridized carbons (Fsp3) is 0.348. The lowest BCUT2D eigenvalue weighted by Crippen LogP contribution is -2.46. The molecule has 0 atom stereocenters. The van der Waals surface area contributed by atoms with Crippen LogP contribution in [-0.4, -0.2) is 42.5 Å². The van der Waals surface area contributed by atoms with Gasteiger partial charge < -0.3 is 9.32 Å². The Morgan fingerprint density at radius 1 is 1.00 bits per heavy atom. The number of para-hydroxylation sites is 1. The average Bonchev–Trinajstić information content (AvgIpc) is 2.78. The fourth-order valence-electron chi connectivity index (χ4n) is 3.97. The van der Waals surface area contributed by atoms with Gasteiger partial charge in [0.05, 0.1) is 16.6 Å². The van der Waals surface area contributed by atoms with Gasteiger partial charge in [-0.05, 0) is 44.0 Å². The molecule has 7 heteroatoms. The lowest BCUT2D eigenvalue weighted by atomic mass is 10.1. The molecule has 0 aliphatic carbocycles. The van der Waals surface area contributed by atoms with Crippen LogP contribution in [-0.2, 0) is 6.42 Å². The van der Waals surface area contributed by atoms with E-state index in [1.54, 1.807) is 18.4 Å². The molecule has 4 rings (SSSR count). The van der Waals surface area contributed by atoms with Crippen LogP contribution in [0.4, 0.5) is 11.4 Å². The highest BCUT2D eigenvalue weighted by Gasteiger charge is 2.18. The van der Waals surface area contributed by atoms with Crippen molar-refractivity contribution < 1.29 is 9.34 Å². The maximum absolute atomic E-state index is 12.5. The summed E-state index contributed by atoms with van der Waals surface area (Å²) in [6.45, 7) is 4.56. The van der Waals surface area contributed by atoms with E-state index in [4.69, 9.17) is 4.42 Å². The highest BCUT2D eigenvalue weighted by Crippen LogP contribution is 2.22. The number of hydrogen-bond donors (Lipinski definition) is 0. The third-order valence-electron chi connectivity index (χ3n) is 5.70. The van der Waals surface area contributed by atoms with Crippen LogP contribution >= 0.6 is 0 Å². The summed E-state index contributed by atoms with van der Waals surface area (Å²) in [5, 5.41) is 11.6. The molecule has 0 saturated carbocycles. The van der Waals surface area contributed by atoms with Crippen molar-refractivity contribution in [2.75, 3.05) is 37.6 Å². The minimum Gasteiger partial charge on any atom is -0.464 e. The van der Waals surface area contributed by atoms with E-state index in [-0.39, 0.29) is 16.0 Å². The molecule has 1 aliphatic rings. The van der Waals surface area contributed by atoms with E-state index in [0.717, 1.165) is 63.2 Å². The summed E-state index contributed by atoms with van der Waals surface area (Å²) in [7, 11) is 0. The van der Waals surface area contributed by atoms with Crippen molar-refractivity contribution in [3.63, 3.8) is 0 Å². The monoisotopic (exact) mass is 407 g/mol. The Labute approximate surface area is 174 Å². The summed E-state index contributed by atoms with van der Waals surface area (Å²) in [4.78, 5) is 27.8. The van der Waals surface area contributed by atoms with Crippen LogP contribution in [0.15, 0.2) is 64.0 Å². The van der Waals surface area contributed by atoms with Gasteiger partial charge in [0.2, 0.25) is 0 Å². The minimum absolute atomic E-state index is 0.0717. The number of anilines is 1.